The maximum atomic E-state index is 8.33. The summed E-state index contributed by atoms with van der Waals surface area (Å²) in [5.41, 5.74) is 0. The van der Waals surface area contributed by atoms with Crippen molar-refractivity contribution < 1.29 is 14.9 Å². The fourth-order valence-corrected chi connectivity index (χ4v) is 0.445. The molecule has 0 aromatic carbocycles. The molecule has 0 bridgehead atoms. The van der Waals surface area contributed by atoms with Gasteiger partial charge in [0.1, 0.15) is 0 Å². The van der Waals surface area contributed by atoms with E-state index in [1.807, 2.05) is 0 Å². The van der Waals surface area contributed by atoms with E-state index < -0.39 is 0 Å². The van der Waals surface area contributed by atoms with Crippen molar-refractivity contribution in [2.24, 2.45) is 0 Å². The fraction of sp³-hybridized carbons (Fsp3) is 1.00. The summed E-state index contributed by atoms with van der Waals surface area (Å²) in [5, 5.41) is 8.33. The molecular weight excluding hydrogens is 132 g/mol. The van der Waals surface area contributed by atoms with Gasteiger partial charge in [0.2, 0.25) is 0 Å². The maximum absolute atomic E-state index is 8.33. The predicted molar refractivity (Wildman–Crippen MR) is 38.5 cm³/mol. The first-order chi connectivity index (χ1) is 4.91. The zero-order chi connectivity index (χ0) is 7.66. The Balaban J connectivity index is 2.65. The first-order valence-corrected chi connectivity index (χ1v) is 3.77. The van der Waals surface area contributed by atoms with E-state index in [4.69, 9.17) is 14.9 Å². The summed E-state index contributed by atoms with van der Waals surface area (Å²) >= 11 is 0. The van der Waals surface area contributed by atoms with Crippen LogP contribution in [0.5, 0.6) is 0 Å². The van der Waals surface area contributed by atoms with Gasteiger partial charge >= 0.3 is 0 Å². The van der Waals surface area contributed by atoms with Crippen molar-refractivity contribution in [1.82, 2.24) is 0 Å². The molecule has 0 fully saturated rings. The molecule has 0 aliphatic heterocycles. The van der Waals surface area contributed by atoms with Crippen LogP contribution in [-0.4, -0.2) is 24.9 Å². The molecule has 0 unspecified atom stereocenters. The summed E-state index contributed by atoms with van der Waals surface area (Å²) in [7, 11) is 0. The van der Waals surface area contributed by atoms with Gasteiger partial charge in [-0.05, 0) is 12.8 Å². The van der Waals surface area contributed by atoms with Gasteiger partial charge in [0.05, 0.1) is 13.2 Å². The summed E-state index contributed by atoms with van der Waals surface area (Å²) in [6.45, 7) is 3.40. The van der Waals surface area contributed by atoms with Crippen LogP contribution in [0.4, 0.5) is 0 Å². The van der Waals surface area contributed by atoms with Gasteiger partial charge in [0, 0.05) is 6.61 Å². The molecule has 0 aliphatic carbocycles. The van der Waals surface area contributed by atoms with E-state index in [1.54, 1.807) is 0 Å². The Morgan fingerprint density at radius 2 is 1.70 bits per heavy atom. The lowest BCUT2D eigenvalue weighted by atomic mass is 10.4. The molecule has 0 aliphatic rings. The Hall–Kier alpha value is -0.120. The van der Waals surface area contributed by atoms with E-state index in [1.165, 1.54) is 0 Å². The van der Waals surface area contributed by atoms with E-state index in [-0.39, 0.29) is 6.61 Å². The van der Waals surface area contributed by atoms with E-state index in [9.17, 15) is 0 Å². The second kappa shape index (κ2) is 8.88. The first-order valence-electron chi connectivity index (χ1n) is 3.77. The molecule has 3 nitrogen and oxygen atoms in total. The topological polar surface area (TPSA) is 38.7 Å². The zero-order valence-electron chi connectivity index (χ0n) is 6.51. The SMILES string of the molecule is CCCCOOCCCO. The minimum atomic E-state index is 0.164. The third-order valence-corrected chi connectivity index (χ3v) is 1.05. The van der Waals surface area contributed by atoms with Crippen molar-refractivity contribution in [2.75, 3.05) is 19.8 Å². The first kappa shape index (κ1) is 9.88. The van der Waals surface area contributed by atoms with Crippen LogP contribution in [0, 0.1) is 0 Å². The van der Waals surface area contributed by atoms with Crippen molar-refractivity contribution in [3.63, 3.8) is 0 Å². The van der Waals surface area contributed by atoms with Crippen molar-refractivity contribution in [3.05, 3.63) is 0 Å². The van der Waals surface area contributed by atoms with Gasteiger partial charge in [-0.15, -0.1) is 0 Å². The molecule has 0 saturated heterocycles. The largest absolute Gasteiger partial charge is 0.396 e. The van der Waals surface area contributed by atoms with Gasteiger partial charge < -0.3 is 5.11 Å². The molecule has 0 amide bonds. The third kappa shape index (κ3) is 7.88. The van der Waals surface area contributed by atoms with Crippen molar-refractivity contribution in [3.8, 4) is 0 Å². The lowest BCUT2D eigenvalue weighted by molar-refractivity contribution is -0.295. The van der Waals surface area contributed by atoms with Crippen LogP contribution in [0.1, 0.15) is 26.2 Å². The highest BCUT2D eigenvalue weighted by atomic mass is 17.2. The van der Waals surface area contributed by atoms with E-state index in [0.29, 0.717) is 19.6 Å². The Labute approximate surface area is 61.9 Å². The van der Waals surface area contributed by atoms with Crippen LogP contribution in [-0.2, 0) is 9.78 Å². The monoisotopic (exact) mass is 148 g/mol. The highest BCUT2D eigenvalue weighted by molar-refractivity contribution is 4.28. The minimum Gasteiger partial charge on any atom is -0.396 e. The minimum absolute atomic E-state index is 0.164. The second-order valence-corrected chi connectivity index (χ2v) is 2.07. The molecule has 0 spiro atoms. The lowest BCUT2D eigenvalue weighted by Crippen LogP contribution is -1.99. The molecule has 3 heteroatoms. The Morgan fingerprint density at radius 3 is 2.20 bits per heavy atom. The van der Waals surface area contributed by atoms with Gasteiger partial charge in [-0.1, -0.05) is 13.3 Å². The molecule has 0 aromatic heterocycles. The van der Waals surface area contributed by atoms with E-state index in [2.05, 4.69) is 6.92 Å². The quantitative estimate of drug-likeness (QED) is 0.334. The predicted octanol–water partition coefficient (Wildman–Crippen LogP) is 1.12. The summed E-state index contributed by atoms with van der Waals surface area (Å²) in [5.74, 6) is 0. The van der Waals surface area contributed by atoms with Gasteiger partial charge in [-0.3, -0.25) is 0 Å². The highest BCUT2D eigenvalue weighted by Crippen LogP contribution is 1.89. The Morgan fingerprint density at radius 1 is 1.10 bits per heavy atom. The Bertz CT molecular complexity index is 48.8. The van der Waals surface area contributed by atoms with Crippen LogP contribution >= 0.6 is 0 Å². The second-order valence-electron chi connectivity index (χ2n) is 2.07. The smallest absolute Gasteiger partial charge is 0.0844 e. The van der Waals surface area contributed by atoms with Gasteiger partial charge in [-0.25, -0.2) is 9.78 Å². The lowest BCUT2D eigenvalue weighted by Gasteiger charge is -2.00. The highest BCUT2D eigenvalue weighted by Gasteiger charge is 1.87. The molecule has 0 heterocycles. The summed E-state index contributed by atoms with van der Waals surface area (Å²) in [4.78, 5) is 9.48. The van der Waals surface area contributed by atoms with E-state index >= 15 is 0 Å². The molecule has 0 atom stereocenters. The van der Waals surface area contributed by atoms with Crippen LogP contribution < -0.4 is 0 Å². The number of rotatable bonds is 7. The molecule has 1 N–H and O–H groups in total. The molecule has 10 heavy (non-hydrogen) atoms. The summed E-state index contributed by atoms with van der Waals surface area (Å²) in [6.07, 6.45) is 2.79. The van der Waals surface area contributed by atoms with Gasteiger partial charge in [0.25, 0.3) is 0 Å². The number of hydrogen-bond donors (Lipinski definition) is 1. The summed E-state index contributed by atoms with van der Waals surface area (Å²) in [6, 6.07) is 0. The van der Waals surface area contributed by atoms with Crippen molar-refractivity contribution in [2.45, 2.75) is 26.2 Å². The molecule has 0 radical (unpaired) electrons. The molecule has 0 aromatic rings. The van der Waals surface area contributed by atoms with Crippen LogP contribution in [0.15, 0.2) is 0 Å². The average Bonchev–Trinajstić information content (AvgIpc) is 1.97. The average molecular weight is 148 g/mol. The Kier molecular flexibility index (Phi) is 8.77. The van der Waals surface area contributed by atoms with E-state index in [0.717, 1.165) is 12.8 Å². The molecule has 0 rings (SSSR count). The number of unbranched alkanes of at least 4 members (excludes halogenated alkanes) is 1. The van der Waals surface area contributed by atoms with Crippen LogP contribution in [0.2, 0.25) is 0 Å². The number of aliphatic hydroxyl groups is 1. The van der Waals surface area contributed by atoms with Crippen molar-refractivity contribution >= 4 is 0 Å². The molecular formula is C7H16O3. The number of hydrogen-bond acceptors (Lipinski definition) is 3. The zero-order valence-corrected chi connectivity index (χ0v) is 6.51. The summed E-state index contributed by atoms with van der Waals surface area (Å²) < 4.78 is 0. The van der Waals surface area contributed by atoms with Gasteiger partial charge in [0.15, 0.2) is 0 Å². The normalized spacial score (nSPS) is 10.2. The maximum Gasteiger partial charge on any atom is 0.0844 e. The third-order valence-electron chi connectivity index (χ3n) is 1.05. The van der Waals surface area contributed by atoms with Crippen LogP contribution in [0.25, 0.3) is 0 Å². The molecule has 0 saturated carbocycles. The standard InChI is InChI=1S/C7H16O3/c1-2-3-6-9-10-7-4-5-8/h8H,2-7H2,1H3. The number of aliphatic hydroxyl groups excluding tert-OH is 1. The van der Waals surface area contributed by atoms with Crippen molar-refractivity contribution in [1.29, 1.82) is 0 Å². The molecule has 62 valence electrons. The van der Waals surface area contributed by atoms with Gasteiger partial charge in [-0.2, -0.15) is 0 Å². The van der Waals surface area contributed by atoms with Crippen LogP contribution in [0.3, 0.4) is 0 Å². The fourth-order valence-electron chi connectivity index (χ4n) is 0.445.